The highest BCUT2D eigenvalue weighted by molar-refractivity contribution is 7.18. The van der Waals surface area contributed by atoms with Gasteiger partial charge in [0.05, 0.1) is 27.8 Å². The van der Waals surface area contributed by atoms with Crippen molar-refractivity contribution in [1.82, 2.24) is 0 Å². The minimum Gasteiger partial charge on any atom is -0.397 e. The van der Waals surface area contributed by atoms with E-state index >= 15 is 0 Å². The van der Waals surface area contributed by atoms with E-state index in [1.165, 1.54) is 23.4 Å². The van der Waals surface area contributed by atoms with Crippen LogP contribution in [-0.2, 0) is 4.74 Å². The molecule has 2 aliphatic rings. The molecule has 3 rings (SSSR count). The molecule has 0 unspecified atom stereocenters. The molecule has 0 atom stereocenters. The summed E-state index contributed by atoms with van der Waals surface area (Å²) in [5, 5.41) is 1.20. The van der Waals surface area contributed by atoms with E-state index in [0.717, 1.165) is 30.3 Å². The molecule has 2 heterocycles. The summed E-state index contributed by atoms with van der Waals surface area (Å²) in [5.41, 5.74) is 8.05. The molecular formula is C15H22N2O2S. The zero-order valence-corrected chi connectivity index (χ0v) is 13.2. The number of rotatable bonds is 3. The fourth-order valence-corrected chi connectivity index (χ4v) is 4.13. The van der Waals surface area contributed by atoms with E-state index in [9.17, 15) is 4.79 Å². The molecule has 110 valence electrons. The van der Waals surface area contributed by atoms with Gasteiger partial charge in [0, 0.05) is 25.6 Å². The summed E-state index contributed by atoms with van der Waals surface area (Å²) in [6.45, 7) is 8.28. The monoisotopic (exact) mass is 294 g/mol. The standard InChI is InChI=1S/C15H22N2O2S/c1-9(18)13-12(16)11(10-4-5-10)14(20-13)17-6-7-19-15(2,3)8-17/h10H,4-8,16H2,1-3H3. The molecule has 0 aromatic carbocycles. The normalized spacial score (nSPS) is 22.1. The van der Waals surface area contributed by atoms with Gasteiger partial charge in [-0.3, -0.25) is 4.79 Å². The van der Waals surface area contributed by atoms with Gasteiger partial charge in [-0.05, 0) is 32.6 Å². The molecule has 1 saturated carbocycles. The molecule has 1 saturated heterocycles. The molecule has 1 aliphatic carbocycles. The van der Waals surface area contributed by atoms with Crippen LogP contribution in [0.1, 0.15) is 54.8 Å². The fraction of sp³-hybridized carbons (Fsp3) is 0.667. The maximum Gasteiger partial charge on any atom is 0.171 e. The third-order valence-corrected chi connectivity index (χ3v) is 5.37. The second-order valence-corrected chi connectivity index (χ2v) is 7.42. The van der Waals surface area contributed by atoms with Gasteiger partial charge in [0.2, 0.25) is 0 Å². The summed E-state index contributed by atoms with van der Waals surface area (Å²) in [6, 6.07) is 0. The van der Waals surface area contributed by atoms with Gasteiger partial charge < -0.3 is 15.4 Å². The number of carbonyl (C=O) groups is 1. The van der Waals surface area contributed by atoms with E-state index in [-0.39, 0.29) is 11.4 Å². The van der Waals surface area contributed by atoms with Crippen molar-refractivity contribution in [2.75, 3.05) is 30.3 Å². The van der Waals surface area contributed by atoms with Crippen LogP contribution in [0.3, 0.4) is 0 Å². The van der Waals surface area contributed by atoms with Gasteiger partial charge in [0.25, 0.3) is 0 Å². The lowest BCUT2D eigenvalue weighted by Gasteiger charge is -2.39. The summed E-state index contributed by atoms with van der Waals surface area (Å²) in [7, 11) is 0. The second-order valence-electron chi connectivity index (χ2n) is 6.42. The predicted molar refractivity (Wildman–Crippen MR) is 83.0 cm³/mol. The van der Waals surface area contributed by atoms with E-state index in [4.69, 9.17) is 10.5 Å². The maximum atomic E-state index is 11.8. The molecule has 2 fully saturated rings. The van der Waals surface area contributed by atoms with Crippen molar-refractivity contribution in [3.8, 4) is 0 Å². The summed E-state index contributed by atoms with van der Waals surface area (Å²) in [5.74, 6) is 0.633. The minimum absolute atomic E-state index is 0.0770. The van der Waals surface area contributed by atoms with Crippen LogP contribution in [0.4, 0.5) is 10.7 Å². The minimum atomic E-state index is -0.145. The van der Waals surface area contributed by atoms with Gasteiger partial charge in [0.15, 0.2) is 5.78 Å². The third-order valence-electron chi connectivity index (χ3n) is 3.98. The Labute approximate surface area is 123 Å². The van der Waals surface area contributed by atoms with Crippen molar-refractivity contribution in [1.29, 1.82) is 0 Å². The number of nitrogens with two attached hydrogens (primary N) is 1. The Morgan fingerprint density at radius 1 is 1.45 bits per heavy atom. The average molecular weight is 294 g/mol. The smallest absolute Gasteiger partial charge is 0.171 e. The zero-order valence-electron chi connectivity index (χ0n) is 12.4. The zero-order chi connectivity index (χ0) is 14.5. The van der Waals surface area contributed by atoms with Gasteiger partial charge in [-0.2, -0.15) is 0 Å². The number of Topliss-reactive ketones (excluding diaryl/α,β-unsaturated/α-hetero) is 1. The Morgan fingerprint density at radius 3 is 2.70 bits per heavy atom. The van der Waals surface area contributed by atoms with E-state index < -0.39 is 0 Å². The molecule has 5 heteroatoms. The molecular weight excluding hydrogens is 272 g/mol. The molecule has 0 radical (unpaired) electrons. The van der Waals surface area contributed by atoms with Crippen LogP contribution < -0.4 is 10.6 Å². The molecule has 20 heavy (non-hydrogen) atoms. The first kappa shape index (κ1) is 13.9. The van der Waals surface area contributed by atoms with Crippen LogP contribution in [0.5, 0.6) is 0 Å². The number of ether oxygens (including phenoxy) is 1. The Balaban J connectivity index is 1.99. The fourth-order valence-electron chi connectivity index (χ4n) is 2.90. The highest BCUT2D eigenvalue weighted by Crippen LogP contribution is 2.52. The van der Waals surface area contributed by atoms with Crippen molar-refractivity contribution < 1.29 is 9.53 Å². The number of carbonyl (C=O) groups excluding carboxylic acids is 1. The van der Waals surface area contributed by atoms with Crippen molar-refractivity contribution in [2.24, 2.45) is 0 Å². The molecule has 1 aromatic heterocycles. The van der Waals surface area contributed by atoms with Crippen molar-refractivity contribution in [3.63, 3.8) is 0 Å². The number of anilines is 2. The largest absolute Gasteiger partial charge is 0.397 e. The van der Waals surface area contributed by atoms with Crippen LogP contribution in [-0.4, -0.2) is 31.1 Å². The Hall–Kier alpha value is -1.07. The highest BCUT2D eigenvalue weighted by Gasteiger charge is 2.36. The summed E-state index contributed by atoms with van der Waals surface area (Å²) < 4.78 is 5.78. The van der Waals surface area contributed by atoms with Gasteiger partial charge in [-0.15, -0.1) is 11.3 Å². The third kappa shape index (κ3) is 2.44. The summed E-state index contributed by atoms with van der Waals surface area (Å²) in [6.07, 6.45) is 2.39. The van der Waals surface area contributed by atoms with Crippen molar-refractivity contribution >= 4 is 27.8 Å². The van der Waals surface area contributed by atoms with E-state index in [2.05, 4.69) is 18.7 Å². The van der Waals surface area contributed by atoms with Crippen LogP contribution in [0.2, 0.25) is 0 Å². The molecule has 0 amide bonds. The van der Waals surface area contributed by atoms with Crippen LogP contribution in [0.25, 0.3) is 0 Å². The lowest BCUT2D eigenvalue weighted by Crippen LogP contribution is -2.48. The molecule has 1 aliphatic heterocycles. The lowest BCUT2D eigenvalue weighted by atomic mass is 10.1. The van der Waals surface area contributed by atoms with E-state index in [0.29, 0.717) is 5.92 Å². The number of hydrogen-bond donors (Lipinski definition) is 1. The highest BCUT2D eigenvalue weighted by atomic mass is 32.1. The summed E-state index contributed by atoms with van der Waals surface area (Å²) >= 11 is 1.57. The van der Waals surface area contributed by atoms with Crippen molar-refractivity contribution in [2.45, 2.75) is 45.1 Å². The topological polar surface area (TPSA) is 55.6 Å². The first-order valence-electron chi connectivity index (χ1n) is 7.21. The number of nitrogen functional groups attached to an aromatic ring is 1. The Kier molecular flexibility index (Phi) is 3.29. The van der Waals surface area contributed by atoms with Crippen LogP contribution in [0, 0.1) is 0 Å². The quantitative estimate of drug-likeness (QED) is 0.871. The van der Waals surface area contributed by atoms with Gasteiger partial charge in [-0.25, -0.2) is 0 Å². The molecule has 0 bridgehead atoms. The van der Waals surface area contributed by atoms with Gasteiger partial charge in [0.1, 0.15) is 0 Å². The SMILES string of the molecule is CC(=O)c1sc(N2CCOC(C)(C)C2)c(C2CC2)c1N. The summed E-state index contributed by atoms with van der Waals surface area (Å²) in [4.78, 5) is 14.9. The lowest BCUT2D eigenvalue weighted by molar-refractivity contribution is -0.0275. The first-order valence-corrected chi connectivity index (χ1v) is 8.03. The van der Waals surface area contributed by atoms with Gasteiger partial charge in [-0.1, -0.05) is 0 Å². The number of ketones is 1. The van der Waals surface area contributed by atoms with Gasteiger partial charge >= 0.3 is 0 Å². The molecule has 0 spiro atoms. The number of morpholine rings is 1. The Morgan fingerprint density at radius 2 is 2.15 bits per heavy atom. The molecule has 1 aromatic rings. The predicted octanol–water partition coefficient (Wildman–Crippen LogP) is 3.03. The number of thiophene rings is 1. The molecule has 2 N–H and O–H groups in total. The average Bonchev–Trinajstić information content (AvgIpc) is 3.11. The number of hydrogen-bond acceptors (Lipinski definition) is 5. The Bertz CT molecular complexity index is 546. The van der Waals surface area contributed by atoms with E-state index in [1.807, 2.05) is 0 Å². The number of nitrogens with zero attached hydrogens (tertiary/aromatic N) is 1. The first-order chi connectivity index (χ1) is 9.39. The van der Waals surface area contributed by atoms with E-state index in [1.54, 1.807) is 18.3 Å². The maximum absolute atomic E-state index is 11.8. The second kappa shape index (κ2) is 4.74. The van der Waals surface area contributed by atoms with Crippen LogP contribution in [0.15, 0.2) is 0 Å². The van der Waals surface area contributed by atoms with Crippen LogP contribution >= 0.6 is 11.3 Å². The molecule has 4 nitrogen and oxygen atoms in total. The van der Waals surface area contributed by atoms with Crippen molar-refractivity contribution in [3.05, 3.63) is 10.4 Å².